The zero-order valence-corrected chi connectivity index (χ0v) is 12.2. The summed E-state index contributed by atoms with van der Waals surface area (Å²) >= 11 is 0. The summed E-state index contributed by atoms with van der Waals surface area (Å²) in [5.74, 6) is -2.02. The molecule has 2 aliphatic heterocycles. The molecule has 0 bridgehead atoms. The van der Waals surface area contributed by atoms with Crippen LogP contribution in [0.1, 0.15) is 0 Å². The summed E-state index contributed by atoms with van der Waals surface area (Å²) in [4.78, 5) is 0. The minimum atomic E-state index is -2.02. The first-order valence-corrected chi connectivity index (χ1v) is 7.14. The monoisotopic (exact) mass is 341 g/mol. The predicted octanol–water partition coefficient (Wildman–Crippen LogP) is -5.43. The standard InChI is InChI=1S/C12H23NO10/c13-3-12(10(19)7(17)5(2-15)22-12)23-9-8(18)6(16)4(1-14)21-11(9)20/h4-11,14-20H,1-3,13H2/t4-,5-,6-,7-,8+,9-,10+,11+,12+/m1/s1. The molecule has 0 unspecified atom stereocenters. The molecule has 2 heterocycles. The van der Waals surface area contributed by atoms with E-state index >= 15 is 0 Å². The molecule has 0 spiro atoms. The van der Waals surface area contributed by atoms with Gasteiger partial charge in [-0.15, -0.1) is 0 Å². The Hall–Kier alpha value is -0.440. The van der Waals surface area contributed by atoms with Crippen molar-refractivity contribution in [3.8, 4) is 0 Å². The minimum Gasteiger partial charge on any atom is -0.394 e. The Morgan fingerprint density at radius 2 is 1.52 bits per heavy atom. The number of hydrogen-bond donors (Lipinski definition) is 8. The topological polar surface area (TPSA) is 195 Å². The number of nitrogens with two attached hydrogens (primary N) is 1. The molecule has 0 aromatic rings. The van der Waals surface area contributed by atoms with Crippen molar-refractivity contribution in [3.63, 3.8) is 0 Å². The number of ether oxygens (including phenoxy) is 3. The van der Waals surface area contributed by atoms with E-state index in [-0.39, 0.29) is 0 Å². The van der Waals surface area contributed by atoms with Crippen LogP contribution in [0.2, 0.25) is 0 Å². The highest BCUT2D eigenvalue weighted by Gasteiger charge is 2.58. The summed E-state index contributed by atoms with van der Waals surface area (Å²) in [7, 11) is 0. The highest BCUT2D eigenvalue weighted by atomic mass is 16.8. The summed E-state index contributed by atoms with van der Waals surface area (Å²) in [5.41, 5.74) is 5.53. The van der Waals surface area contributed by atoms with Crippen LogP contribution >= 0.6 is 0 Å². The van der Waals surface area contributed by atoms with Gasteiger partial charge in [0.1, 0.15) is 42.7 Å². The quantitative estimate of drug-likeness (QED) is 0.238. The van der Waals surface area contributed by atoms with E-state index in [4.69, 9.17) is 30.2 Å². The van der Waals surface area contributed by atoms with E-state index in [0.717, 1.165) is 0 Å². The van der Waals surface area contributed by atoms with Gasteiger partial charge in [0.05, 0.1) is 19.8 Å². The molecule has 0 aromatic heterocycles. The van der Waals surface area contributed by atoms with Crippen LogP contribution in [0, 0.1) is 0 Å². The summed E-state index contributed by atoms with van der Waals surface area (Å²) in [6, 6.07) is 0. The minimum absolute atomic E-state index is 0.475. The lowest BCUT2D eigenvalue weighted by Gasteiger charge is -2.43. The van der Waals surface area contributed by atoms with Crippen LogP contribution in [0.4, 0.5) is 0 Å². The van der Waals surface area contributed by atoms with E-state index in [9.17, 15) is 25.5 Å². The molecule has 2 aliphatic rings. The van der Waals surface area contributed by atoms with Crippen molar-refractivity contribution in [2.75, 3.05) is 19.8 Å². The summed E-state index contributed by atoms with van der Waals surface area (Å²) in [6.45, 7) is -1.74. The number of rotatable bonds is 5. The van der Waals surface area contributed by atoms with Gasteiger partial charge in [-0.05, 0) is 0 Å². The molecular weight excluding hydrogens is 318 g/mol. The summed E-state index contributed by atoms with van der Waals surface area (Å²) in [5, 5.41) is 67.8. The summed E-state index contributed by atoms with van der Waals surface area (Å²) in [6.07, 6.45) is -12.2. The Morgan fingerprint density at radius 1 is 0.913 bits per heavy atom. The average molecular weight is 341 g/mol. The molecule has 2 fully saturated rings. The smallest absolute Gasteiger partial charge is 0.210 e. The number of aliphatic hydroxyl groups excluding tert-OH is 7. The molecule has 2 saturated heterocycles. The first-order valence-electron chi connectivity index (χ1n) is 7.14. The Kier molecular flexibility index (Phi) is 5.92. The average Bonchev–Trinajstić information content (AvgIpc) is 2.80. The molecular formula is C12H23NO10. The Labute approximate surface area is 131 Å². The zero-order chi connectivity index (χ0) is 17.4. The van der Waals surface area contributed by atoms with Gasteiger partial charge in [-0.25, -0.2) is 0 Å². The third-order valence-corrected chi connectivity index (χ3v) is 4.15. The third-order valence-electron chi connectivity index (χ3n) is 4.15. The van der Waals surface area contributed by atoms with E-state index in [1.165, 1.54) is 0 Å². The van der Waals surface area contributed by atoms with Crippen LogP contribution in [0.3, 0.4) is 0 Å². The molecule has 23 heavy (non-hydrogen) atoms. The van der Waals surface area contributed by atoms with Gasteiger partial charge in [0.2, 0.25) is 5.79 Å². The van der Waals surface area contributed by atoms with E-state index in [1.54, 1.807) is 0 Å². The Balaban J connectivity index is 2.18. The molecule has 0 aliphatic carbocycles. The fraction of sp³-hybridized carbons (Fsp3) is 1.00. The number of hydrogen-bond acceptors (Lipinski definition) is 11. The van der Waals surface area contributed by atoms with Crippen LogP contribution in [0.15, 0.2) is 0 Å². The second kappa shape index (κ2) is 7.21. The fourth-order valence-corrected chi connectivity index (χ4v) is 2.75. The van der Waals surface area contributed by atoms with E-state index < -0.39 is 74.6 Å². The first kappa shape index (κ1) is 18.9. The lowest BCUT2D eigenvalue weighted by atomic mass is 9.98. The van der Waals surface area contributed by atoms with E-state index in [2.05, 4.69) is 0 Å². The van der Waals surface area contributed by atoms with E-state index in [1.807, 2.05) is 0 Å². The summed E-state index contributed by atoms with van der Waals surface area (Å²) < 4.78 is 15.5. The van der Waals surface area contributed by atoms with Crippen molar-refractivity contribution in [3.05, 3.63) is 0 Å². The normalized spacial score (nSPS) is 51.1. The van der Waals surface area contributed by atoms with Crippen molar-refractivity contribution in [2.24, 2.45) is 5.73 Å². The molecule has 0 saturated carbocycles. The SMILES string of the molecule is NC[C@@]1(O[C@@H]2[C@@H](O)[C@H](O)[C@@H](CO)O[C@@H]2O)O[C@H](CO)[C@@H](O)[C@@H]1O. The van der Waals surface area contributed by atoms with Gasteiger partial charge in [0.25, 0.3) is 0 Å². The maximum absolute atomic E-state index is 10.1. The number of aliphatic hydroxyl groups is 7. The van der Waals surface area contributed by atoms with Crippen LogP contribution < -0.4 is 5.73 Å². The van der Waals surface area contributed by atoms with Gasteiger partial charge >= 0.3 is 0 Å². The molecule has 0 radical (unpaired) electrons. The van der Waals surface area contributed by atoms with Gasteiger partial charge in [-0.3, -0.25) is 0 Å². The van der Waals surface area contributed by atoms with Crippen LogP contribution in [-0.2, 0) is 14.2 Å². The van der Waals surface area contributed by atoms with Gasteiger partial charge in [-0.2, -0.15) is 0 Å². The van der Waals surface area contributed by atoms with E-state index in [0.29, 0.717) is 0 Å². The molecule has 11 heteroatoms. The second-order valence-electron chi connectivity index (χ2n) is 5.60. The molecule has 136 valence electrons. The molecule has 9 N–H and O–H groups in total. The Morgan fingerprint density at radius 3 is 2.00 bits per heavy atom. The zero-order valence-electron chi connectivity index (χ0n) is 12.2. The van der Waals surface area contributed by atoms with Gasteiger partial charge in [0, 0.05) is 0 Å². The van der Waals surface area contributed by atoms with Crippen LogP contribution in [0.5, 0.6) is 0 Å². The molecule has 11 nitrogen and oxygen atoms in total. The fourth-order valence-electron chi connectivity index (χ4n) is 2.75. The molecule has 2 rings (SSSR count). The van der Waals surface area contributed by atoms with Gasteiger partial charge in [0.15, 0.2) is 6.29 Å². The lowest BCUT2D eigenvalue weighted by Crippen LogP contribution is -2.64. The second-order valence-corrected chi connectivity index (χ2v) is 5.60. The highest BCUT2D eigenvalue weighted by molar-refractivity contribution is 5.00. The van der Waals surface area contributed by atoms with Crippen LogP contribution in [-0.4, -0.2) is 110 Å². The maximum atomic E-state index is 10.1. The third kappa shape index (κ3) is 3.23. The predicted molar refractivity (Wildman–Crippen MR) is 70.6 cm³/mol. The lowest BCUT2D eigenvalue weighted by molar-refractivity contribution is -0.357. The molecule has 0 amide bonds. The van der Waals surface area contributed by atoms with Crippen molar-refractivity contribution in [1.82, 2.24) is 0 Å². The van der Waals surface area contributed by atoms with Crippen molar-refractivity contribution in [1.29, 1.82) is 0 Å². The largest absolute Gasteiger partial charge is 0.394 e. The van der Waals surface area contributed by atoms with Crippen molar-refractivity contribution in [2.45, 2.75) is 54.8 Å². The molecule has 0 aromatic carbocycles. The van der Waals surface area contributed by atoms with Crippen LogP contribution in [0.25, 0.3) is 0 Å². The van der Waals surface area contributed by atoms with Crippen molar-refractivity contribution >= 4 is 0 Å². The first-order chi connectivity index (χ1) is 10.8. The Bertz CT molecular complexity index is 400. The molecule has 9 atom stereocenters. The van der Waals surface area contributed by atoms with Gasteiger partial charge < -0.3 is 55.7 Å². The van der Waals surface area contributed by atoms with Crippen molar-refractivity contribution < 1.29 is 50.0 Å². The van der Waals surface area contributed by atoms with Gasteiger partial charge in [-0.1, -0.05) is 0 Å². The maximum Gasteiger partial charge on any atom is 0.210 e. The highest BCUT2D eigenvalue weighted by Crippen LogP contribution is 2.35.